The van der Waals surface area contributed by atoms with Crippen LogP contribution < -0.4 is 9.46 Å². The van der Waals surface area contributed by atoms with E-state index in [2.05, 4.69) is 9.82 Å². The van der Waals surface area contributed by atoms with Gasteiger partial charge in [0.05, 0.1) is 36.4 Å². The molecule has 0 bridgehead atoms. The summed E-state index contributed by atoms with van der Waals surface area (Å²) in [6, 6.07) is 6.17. The Kier molecular flexibility index (Phi) is 6.49. The van der Waals surface area contributed by atoms with Gasteiger partial charge in [-0.3, -0.25) is 0 Å². The number of nitrogens with zero attached hydrogens (tertiary/aromatic N) is 2. The van der Waals surface area contributed by atoms with Crippen LogP contribution in [0.4, 0.5) is 13.2 Å². The lowest BCUT2D eigenvalue weighted by Gasteiger charge is -2.31. The topological polar surface area (TPSA) is 82.5 Å². The van der Waals surface area contributed by atoms with Gasteiger partial charge in [0.15, 0.2) is 0 Å². The number of rotatable bonds is 7. The van der Waals surface area contributed by atoms with Crippen molar-refractivity contribution in [1.29, 1.82) is 0 Å². The van der Waals surface area contributed by atoms with Crippen molar-refractivity contribution in [2.75, 3.05) is 25.6 Å². The maximum Gasteiger partial charge on any atom is 0.419 e. The molecule has 1 N–H and O–H groups in total. The molecule has 0 aliphatic carbocycles. The van der Waals surface area contributed by atoms with Crippen LogP contribution in [0.15, 0.2) is 36.7 Å². The zero-order valence-electron chi connectivity index (χ0n) is 15.7. The summed E-state index contributed by atoms with van der Waals surface area (Å²) in [5.41, 5.74) is -0.363. The Labute approximate surface area is 166 Å². The lowest BCUT2D eigenvalue weighted by atomic mass is 9.98. The minimum Gasteiger partial charge on any atom is -0.493 e. The second-order valence-corrected chi connectivity index (χ2v) is 8.77. The van der Waals surface area contributed by atoms with Gasteiger partial charge in [-0.2, -0.15) is 18.3 Å². The monoisotopic (exact) mass is 433 g/mol. The van der Waals surface area contributed by atoms with Crippen LogP contribution in [-0.4, -0.2) is 49.8 Å². The molecule has 1 aromatic carbocycles. The molecule has 2 unspecified atom stereocenters. The molecule has 1 saturated heterocycles. The average Bonchev–Trinajstić information content (AvgIpc) is 3.18. The molecule has 0 amide bonds. The van der Waals surface area contributed by atoms with Crippen LogP contribution in [0.3, 0.4) is 0 Å². The third kappa shape index (κ3) is 5.71. The number of hydrogen-bond acceptors (Lipinski definition) is 5. The van der Waals surface area contributed by atoms with Gasteiger partial charge in [0, 0.05) is 24.8 Å². The van der Waals surface area contributed by atoms with Gasteiger partial charge in [0.25, 0.3) is 0 Å². The molecule has 2 atom stereocenters. The fraction of sp³-hybridized carbons (Fsp3) is 0.500. The molecular weight excluding hydrogens is 411 g/mol. The van der Waals surface area contributed by atoms with Crippen molar-refractivity contribution < 1.29 is 31.1 Å². The van der Waals surface area contributed by atoms with Gasteiger partial charge in [-0.15, -0.1) is 0 Å². The van der Waals surface area contributed by atoms with E-state index < -0.39 is 21.8 Å². The first-order valence-electron chi connectivity index (χ1n) is 9.11. The van der Waals surface area contributed by atoms with Gasteiger partial charge in [0.2, 0.25) is 10.0 Å². The van der Waals surface area contributed by atoms with E-state index in [0.717, 1.165) is 17.1 Å². The number of ether oxygens (including phenoxy) is 2. The van der Waals surface area contributed by atoms with Crippen LogP contribution in [0.5, 0.6) is 5.75 Å². The normalized spacial score (nSPS) is 20.6. The van der Waals surface area contributed by atoms with Gasteiger partial charge in [-0.25, -0.2) is 17.8 Å². The van der Waals surface area contributed by atoms with Crippen molar-refractivity contribution in [1.82, 2.24) is 14.5 Å². The summed E-state index contributed by atoms with van der Waals surface area (Å²) in [6.07, 6.45) is -2.20. The average molecular weight is 433 g/mol. The first kappa shape index (κ1) is 21.6. The molecule has 1 aromatic heterocycles. The maximum atomic E-state index is 12.7. The van der Waals surface area contributed by atoms with Crippen molar-refractivity contribution in [3.8, 4) is 11.4 Å². The highest BCUT2D eigenvalue weighted by molar-refractivity contribution is 7.89. The third-order valence-corrected chi connectivity index (χ3v) is 6.08. The van der Waals surface area contributed by atoms with Gasteiger partial charge in [-0.05, 0) is 37.6 Å². The van der Waals surface area contributed by atoms with Crippen molar-refractivity contribution >= 4 is 10.0 Å². The van der Waals surface area contributed by atoms with Crippen molar-refractivity contribution in [3.63, 3.8) is 0 Å². The number of alkyl halides is 3. The highest BCUT2D eigenvalue weighted by Crippen LogP contribution is 2.29. The van der Waals surface area contributed by atoms with Crippen LogP contribution in [0, 0.1) is 5.92 Å². The minimum absolute atomic E-state index is 0.00285. The molecule has 160 valence electrons. The van der Waals surface area contributed by atoms with E-state index in [-0.39, 0.29) is 24.3 Å². The number of benzene rings is 1. The summed E-state index contributed by atoms with van der Waals surface area (Å²) in [6.45, 7) is 2.68. The quantitative estimate of drug-likeness (QED) is 0.726. The third-order valence-electron chi connectivity index (χ3n) is 4.66. The van der Waals surface area contributed by atoms with E-state index in [0.29, 0.717) is 31.1 Å². The van der Waals surface area contributed by atoms with E-state index in [1.165, 1.54) is 0 Å². The number of sulfonamides is 1. The highest BCUT2D eigenvalue weighted by atomic mass is 32.2. The predicted molar refractivity (Wildman–Crippen MR) is 99.4 cm³/mol. The van der Waals surface area contributed by atoms with Crippen molar-refractivity contribution in [2.24, 2.45) is 5.92 Å². The van der Waals surface area contributed by atoms with Crippen LogP contribution in [0.2, 0.25) is 0 Å². The van der Waals surface area contributed by atoms with Crippen molar-refractivity contribution in [2.45, 2.75) is 25.6 Å². The van der Waals surface area contributed by atoms with Gasteiger partial charge >= 0.3 is 6.18 Å². The fourth-order valence-electron chi connectivity index (χ4n) is 2.94. The number of aromatic nitrogens is 2. The molecule has 7 nitrogen and oxygen atoms in total. The molecule has 2 aromatic rings. The predicted octanol–water partition coefficient (Wildman–Crippen LogP) is 2.61. The highest BCUT2D eigenvalue weighted by Gasteiger charge is 2.32. The summed E-state index contributed by atoms with van der Waals surface area (Å²) in [5.74, 6) is 0.368. The summed E-state index contributed by atoms with van der Waals surface area (Å²) >= 11 is 0. The molecule has 0 radical (unpaired) electrons. The maximum absolute atomic E-state index is 12.7. The largest absolute Gasteiger partial charge is 0.493 e. The summed E-state index contributed by atoms with van der Waals surface area (Å²) in [4.78, 5) is 0. The molecule has 0 spiro atoms. The molecule has 1 fully saturated rings. The van der Waals surface area contributed by atoms with Gasteiger partial charge < -0.3 is 9.47 Å². The van der Waals surface area contributed by atoms with E-state index in [1.54, 1.807) is 31.2 Å². The zero-order valence-corrected chi connectivity index (χ0v) is 16.5. The molecule has 11 heteroatoms. The molecule has 3 rings (SSSR count). The lowest BCUT2D eigenvalue weighted by Crippen LogP contribution is -2.47. The van der Waals surface area contributed by atoms with E-state index in [9.17, 15) is 21.6 Å². The molecule has 29 heavy (non-hydrogen) atoms. The molecule has 1 aliphatic heterocycles. The van der Waals surface area contributed by atoms with E-state index in [4.69, 9.17) is 9.47 Å². The smallest absolute Gasteiger partial charge is 0.419 e. The van der Waals surface area contributed by atoms with E-state index >= 15 is 0 Å². The van der Waals surface area contributed by atoms with Crippen molar-refractivity contribution in [3.05, 3.63) is 42.2 Å². The number of halogens is 3. The van der Waals surface area contributed by atoms with Crippen LogP contribution >= 0.6 is 0 Å². The molecule has 2 heterocycles. The minimum atomic E-state index is -4.45. The molecule has 1 aliphatic rings. The van der Waals surface area contributed by atoms with Crippen LogP contribution in [0.1, 0.15) is 18.9 Å². The number of hydrogen-bond donors (Lipinski definition) is 1. The SMILES string of the molecule is CCS(=O)(=O)NC1CCOCC1COc1ccc(-n2cc(C(F)(F)F)cn2)cc1. The van der Waals surface area contributed by atoms with E-state index in [1.807, 2.05) is 0 Å². The zero-order chi connectivity index (χ0) is 21.1. The first-order chi connectivity index (χ1) is 13.7. The summed E-state index contributed by atoms with van der Waals surface area (Å²) in [5, 5.41) is 3.73. The first-order valence-corrected chi connectivity index (χ1v) is 10.8. The second kappa shape index (κ2) is 8.72. The number of nitrogens with one attached hydrogen (secondary N) is 1. The Morgan fingerprint density at radius 3 is 2.66 bits per heavy atom. The van der Waals surface area contributed by atoms with Gasteiger partial charge in [0.1, 0.15) is 5.75 Å². The Bertz CT molecular complexity index is 913. The molecular formula is C18H22F3N3O4S. The Morgan fingerprint density at radius 1 is 1.31 bits per heavy atom. The second-order valence-electron chi connectivity index (χ2n) is 6.73. The Balaban J connectivity index is 1.61. The Hall–Kier alpha value is -2.11. The standard InChI is InChI=1S/C18H22F3N3O4S/c1-2-29(25,26)23-17-7-8-27-11-13(17)12-28-16-5-3-15(4-6-16)24-10-14(9-22-24)18(19,20)21/h3-6,9-10,13,17,23H,2,7-8,11-12H2,1H3. The fourth-order valence-corrected chi connectivity index (χ4v) is 3.88. The molecule has 0 saturated carbocycles. The lowest BCUT2D eigenvalue weighted by molar-refractivity contribution is -0.137. The summed E-state index contributed by atoms with van der Waals surface area (Å²) < 4.78 is 76.8. The van der Waals surface area contributed by atoms with Crippen LogP contribution in [0.25, 0.3) is 5.69 Å². The van der Waals surface area contributed by atoms with Gasteiger partial charge in [-0.1, -0.05) is 0 Å². The Morgan fingerprint density at radius 2 is 2.03 bits per heavy atom. The summed E-state index contributed by atoms with van der Waals surface area (Å²) in [7, 11) is -3.33. The van der Waals surface area contributed by atoms with Crippen LogP contribution in [-0.2, 0) is 20.9 Å².